The van der Waals surface area contributed by atoms with Crippen LogP contribution in [-0.2, 0) is 19.1 Å². The van der Waals surface area contributed by atoms with E-state index in [0.717, 1.165) is 0 Å². The van der Waals surface area contributed by atoms with Gasteiger partial charge >= 0.3 is 11.9 Å². The maximum atomic E-state index is 12.0. The normalized spacial score (nSPS) is 9.93. The fraction of sp³-hybridized carbons (Fsp3) is 0.250. The molecular formula is C20H21NO7. The van der Waals surface area contributed by atoms with Gasteiger partial charge in [-0.1, -0.05) is 12.1 Å². The first-order valence-electron chi connectivity index (χ1n) is 8.43. The summed E-state index contributed by atoms with van der Waals surface area (Å²) >= 11 is 0. The average molecular weight is 387 g/mol. The second kappa shape index (κ2) is 10.6. The number of esters is 2. The van der Waals surface area contributed by atoms with Gasteiger partial charge in [-0.25, -0.2) is 4.79 Å². The van der Waals surface area contributed by atoms with Crippen LogP contribution in [0.1, 0.15) is 16.8 Å². The molecule has 1 N–H and O–H groups in total. The van der Waals surface area contributed by atoms with Gasteiger partial charge in [-0.05, 0) is 36.4 Å². The van der Waals surface area contributed by atoms with Gasteiger partial charge in [0.2, 0.25) is 0 Å². The molecule has 0 spiro atoms. The molecule has 0 heterocycles. The second-order valence-corrected chi connectivity index (χ2v) is 5.52. The monoisotopic (exact) mass is 387 g/mol. The number of nitrogens with one attached hydrogen (secondary N) is 1. The van der Waals surface area contributed by atoms with Crippen LogP contribution in [0.3, 0.4) is 0 Å². The van der Waals surface area contributed by atoms with Gasteiger partial charge < -0.3 is 24.3 Å². The van der Waals surface area contributed by atoms with Crippen LogP contribution in [0.2, 0.25) is 0 Å². The van der Waals surface area contributed by atoms with Crippen LogP contribution in [0, 0.1) is 0 Å². The molecule has 0 aliphatic carbocycles. The maximum Gasteiger partial charge on any atom is 0.339 e. The molecule has 0 bridgehead atoms. The Morgan fingerprint density at radius 3 is 2.29 bits per heavy atom. The van der Waals surface area contributed by atoms with E-state index >= 15 is 0 Å². The summed E-state index contributed by atoms with van der Waals surface area (Å²) in [5, 5.41) is 2.51. The van der Waals surface area contributed by atoms with Crippen LogP contribution in [0.25, 0.3) is 0 Å². The van der Waals surface area contributed by atoms with Crippen molar-refractivity contribution in [2.45, 2.75) is 6.42 Å². The number of amides is 1. The molecule has 148 valence electrons. The van der Waals surface area contributed by atoms with Crippen LogP contribution < -0.4 is 14.8 Å². The van der Waals surface area contributed by atoms with Gasteiger partial charge in [0.1, 0.15) is 11.5 Å². The molecule has 2 aromatic rings. The van der Waals surface area contributed by atoms with E-state index in [1.165, 1.54) is 13.2 Å². The number of ether oxygens (including phenoxy) is 4. The maximum absolute atomic E-state index is 12.0. The van der Waals surface area contributed by atoms with Crippen molar-refractivity contribution in [3.05, 3.63) is 54.1 Å². The fourth-order valence-electron chi connectivity index (χ4n) is 2.21. The van der Waals surface area contributed by atoms with Crippen molar-refractivity contribution in [3.63, 3.8) is 0 Å². The summed E-state index contributed by atoms with van der Waals surface area (Å²) in [7, 11) is 2.81. The summed E-state index contributed by atoms with van der Waals surface area (Å²) in [6.07, 6.45) is -0.0158. The Morgan fingerprint density at radius 2 is 1.61 bits per heavy atom. The molecule has 8 nitrogen and oxygen atoms in total. The zero-order chi connectivity index (χ0) is 20.4. The van der Waals surface area contributed by atoms with E-state index in [1.807, 2.05) is 0 Å². The highest BCUT2D eigenvalue weighted by atomic mass is 16.5. The van der Waals surface area contributed by atoms with E-state index in [0.29, 0.717) is 11.5 Å². The summed E-state index contributed by atoms with van der Waals surface area (Å²) in [6, 6.07) is 13.3. The molecule has 0 unspecified atom stereocenters. The molecule has 28 heavy (non-hydrogen) atoms. The molecule has 0 saturated carbocycles. The van der Waals surface area contributed by atoms with Crippen LogP contribution in [0.15, 0.2) is 48.5 Å². The summed E-state index contributed by atoms with van der Waals surface area (Å²) in [5.74, 6) is -0.438. The van der Waals surface area contributed by atoms with Gasteiger partial charge in [0.15, 0.2) is 6.61 Å². The molecule has 2 aromatic carbocycles. The molecule has 8 heteroatoms. The third-order valence-electron chi connectivity index (χ3n) is 3.61. The van der Waals surface area contributed by atoms with E-state index in [2.05, 4.69) is 10.1 Å². The van der Waals surface area contributed by atoms with Crippen LogP contribution in [-0.4, -0.2) is 45.3 Å². The largest absolute Gasteiger partial charge is 0.497 e. The highest BCUT2D eigenvalue weighted by Crippen LogP contribution is 2.17. The van der Waals surface area contributed by atoms with Crippen molar-refractivity contribution in [3.8, 4) is 11.5 Å². The minimum Gasteiger partial charge on any atom is -0.497 e. The Labute approximate surface area is 162 Å². The molecule has 0 radical (unpaired) electrons. The molecule has 2 rings (SSSR count). The summed E-state index contributed by atoms with van der Waals surface area (Å²) in [6.45, 7) is -0.366. The number of carbonyl (C=O) groups is 3. The van der Waals surface area contributed by atoms with Crippen molar-refractivity contribution in [2.75, 3.05) is 32.8 Å². The second-order valence-electron chi connectivity index (χ2n) is 5.52. The minimum absolute atomic E-state index is 0.0158. The summed E-state index contributed by atoms with van der Waals surface area (Å²) in [5.41, 5.74) is 0.482. The first kappa shape index (κ1) is 20.8. The van der Waals surface area contributed by atoms with Gasteiger partial charge in [-0.3, -0.25) is 9.59 Å². The Hall–Kier alpha value is -3.55. The van der Waals surface area contributed by atoms with Gasteiger partial charge in [-0.2, -0.15) is 0 Å². The number of carbonyl (C=O) groups excluding carboxylic acids is 3. The third kappa shape index (κ3) is 6.31. The predicted octanol–water partition coefficient (Wildman–Crippen LogP) is 2.43. The van der Waals surface area contributed by atoms with Crippen molar-refractivity contribution in [1.29, 1.82) is 0 Å². The summed E-state index contributed by atoms with van der Waals surface area (Å²) in [4.78, 5) is 35.4. The molecular weight excluding hydrogens is 366 g/mol. The third-order valence-corrected chi connectivity index (χ3v) is 3.61. The lowest BCUT2D eigenvalue weighted by molar-refractivity contribution is -0.147. The number of para-hydroxylation sites is 1. The zero-order valence-electron chi connectivity index (χ0n) is 15.6. The lowest BCUT2D eigenvalue weighted by Gasteiger charge is -2.10. The molecule has 0 aromatic heterocycles. The van der Waals surface area contributed by atoms with Gasteiger partial charge in [0.25, 0.3) is 5.91 Å². The number of hydrogen-bond donors (Lipinski definition) is 1. The predicted molar refractivity (Wildman–Crippen MR) is 100 cm³/mol. The van der Waals surface area contributed by atoms with E-state index < -0.39 is 24.5 Å². The van der Waals surface area contributed by atoms with Crippen LogP contribution in [0.5, 0.6) is 11.5 Å². The van der Waals surface area contributed by atoms with Crippen molar-refractivity contribution in [2.24, 2.45) is 0 Å². The minimum atomic E-state index is -0.580. The summed E-state index contributed by atoms with van der Waals surface area (Å²) < 4.78 is 20.0. The van der Waals surface area contributed by atoms with Gasteiger partial charge in [0.05, 0.1) is 38.5 Å². The first-order chi connectivity index (χ1) is 13.5. The zero-order valence-corrected chi connectivity index (χ0v) is 15.6. The molecule has 0 aliphatic rings. The number of rotatable bonds is 9. The number of methoxy groups -OCH3 is 2. The smallest absolute Gasteiger partial charge is 0.339 e. The average Bonchev–Trinajstić information content (AvgIpc) is 2.72. The topological polar surface area (TPSA) is 100 Å². The molecule has 0 saturated heterocycles. The lowest BCUT2D eigenvalue weighted by Crippen LogP contribution is -2.22. The van der Waals surface area contributed by atoms with Gasteiger partial charge in [-0.15, -0.1) is 0 Å². The highest BCUT2D eigenvalue weighted by molar-refractivity contribution is 6.01. The molecule has 1 amide bonds. The SMILES string of the molecule is COC(=O)c1ccccc1NC(=O)COC(=O)CCOc1ccc(OC)cc1. The first-order valence-corrected chi connectivity index (χ1v) is 8.43. The Kier molecular flexibility index (Phi) is 7.83. The van der Waals surface area contributed by atoms with E-state index in [4.69, 9.17) is 14.2 Å². The standard InChI is InChI=1S/C20H21NO7/c1-25-14-7-9-15(10-8-14)27-12-11-19(23)28-13-18(22)21-17-6-4-3-5-16(17)20(24)26-2/h3-10H,11-13H2,1-2H3,(H,21,22). The Bertz CT molecular complexity index is 818. The van der Waals surface area contributed by atoms with Crippen molar-refractivity contribution >= 4 is 23.5 Å². The van der Waals surface area contributed by atoms with Crippen molar-refractivity contribution < 1.29 is 33.3 Å². The van der Waals surface area contributed by atoms with E-state index in [1.54, 1.807) is 49.6 Å². The number of anilines is 1. The lowest BCUT2D eigenvalue weighted by atomic mass is 10.2. The van der Waals surface area contributed by atoms with Gasteiger partial charge in [0, 0.05) is 0 Å². The van der Waals surface area contributed by atoms with Crippen LogP contribution >= 0.6 is 0 Å². The Morgan fingerprint density at radius 1 is 0.929 bits per heavy atom. The number of hydrogen-bond acceptors (Lipinski definition) is 7. The quantitative estimate of drug-likeness (QED) is 0.660. The molecule has 0 aliphatic heterocycles. The molecule has 0 fully saturated rings. The van der Waals surface area contributed by atoms with Crippen molar-refractivity contribution in [1.82, 2.24) is 0 Å². The van der Waals surface area contributed by atoms with E-state index in [-0.39, 0.29) is 24.3 Å². The highest BCUT2D eigenvalue weighted by Gasteiger charge is 2.14. The van der Waals surface area contributed by atoms with E-state index in [9.17, 15) is 14.4 Å². The number of benzene rings is 2. The Balaban J connectivity index is 1.73. The van der Waals surface area contributed by atoms with Crippen LogP contribution in [0.4, 0.5) is 5.69 Å². The fourth-order valence-corrected chi connectivity index (χ4v) is 2.21. The molecule has 0 atom stereocenters.